The van der Waals surface area contributed by atoms with Crippen molar-refractivity contribution in [1.29, 1.82) is 0 Å². The summed E-state index contributed by atoms with van der Waals surface area (Å²) < 4.78 is 26.3. The van der Waals surface area contributed by atoms with Gasteiger partial charge in [0.05, 0.1) is 11.6 Å². The van der Waals surface area contributed by atoms with E-state index in [4.69, 9.17) is 0 Å². The van der Waals surface area contributed by atoms with Crippen molar-refractivity contribution in [3.8, 4) is 0 Å². The second kappa shape index (κ2) is 5.56. The lowest BCUT2D eigenvalue weighted by atomic mass is 10.1. The van der Waals surface area contributed by atoms with E-state index in [0.717, 1.165) is 17.8 Å². The van der Waals surface area contributed by atoms with Crippen molar-refractivity contribution in [3.05, 3.63) is 65.5 Å². The van der Waals surface area contributed by atoms with Crippen LogP contribution in [0.25, 0.3) is 0 Å². The Balaban J connectivity index is 2.16. The first-order valence-electron chi connectivity index (χ1n) is 5.75. The van der Waals surface area contributed by atoms with Crippen LogP contribution in [0, 0.1) is 11.8 Å². The molecule has 2 rings (SSSR count). The zero-order chi connectivity index (χ0) is 13.8. The highest BCUT2D eigenvalue weighted by Gasteiger charge is 2.18. The molecule has 0 bridgehead atoms. The highest BCUT2D eigenvalue weighted by Crippen LogP contribution is 2.14. The topological polar surface area (TPSA) is 42.0 Å². The number of carbonyl (C=O) groups excluding carboxylic acids is 1. The second-order valence-electron chi connectivity index (χ2n) is 4.07. The first-order valence-corrected chi connectivity index (χ1v) is 5.75. The predicted octanol–water partition coefficient (Wildman–Crippen LogP) is 2.85. The minimum Gasteiger partial charge on any atom is -0.345 e. The standard InChI is InChI=1S/C14H12F2N2O/c1-9(10-5-3-2-4-6-10)18-14(19)11-7-8-17-13(16)12(11)15/h2-9H,1H3,(H,18,19)/t9-/m1/s1. The first kappa shape index (κ1) is 13.1. The zero-order valence-corrected chi connectivity index (χ0v) is 10.2. The summed E-state index contributed by atoms with van der Waals surface area (Å²) in [7, 11) is 0. The van der Waals surface area contributed by atoms with Gasteiger partial charge in [0.25, 0.3) is 5.91 Å². The van der Waals surface area contributed by atoms with Crippen molar-refractivity contribution in [2.75, 3.05) is 0 Å². The van der Waals surface area contributed by atoms with Crippen LogP contribution in [0.2, 0.25) is 0 Å². The van der Waals surface area contributed by atoms with Gasteiger partial charge < -0.3 is 5.32 Å². The van der Waals surface area contributed by atoms with E-state index in [1.807, 2.05) is 30.3 Å². The van der Waals surface area contributed by atoms with E-state index in [0.29, 0.717) is 0 Å². The number of pyridine rings is 1. The number of halogens is 2. The summed E-state index contributed by atoms with van der Waals surface area (Å²) in [6.45, 7) is 1.77. The van der Waals surface area contributed by atoms with E-state index in [-0.39, 0.29) is 11.6 Å². The van der Waals surface area contributed by atoms with E-state index in [1.54, 1.807) is 6.92 Å². The van der Waals surface area contributed by atoms with Gasteiger partial charge in [0.1, 0.15) is 0 Å². The van der Waals surface area contributed by atoms with Gasteiger partial charge in [-0.05, 0) is 18.6 Å². The molecule has 2 aromatic rings. The lowest BCUT2D eigenvalue weighted by Gasteiger charge is -2.14. The molecule has 1 amide bonds. The highest BCUT2D eigenvalue weighted by atomic mass is 19.2. The van der Waals surface area contributed by atoms with Crippen LogP contribution >= 0.6 is 0 Å². The van der Waals surface area contributed by atoms with E-state index in [9.17, 15) is 13.6 Å². The van der Waals surface area contributed by atoms with E-state index < -0.39 is 17.7 Å². The molecule has 0 saturated heterocycles. The average molecular weight is 262 g/mol. The molecule has 19 heavy (non-hydrogen) atoms. The monoisotopic (exact) mass is 262 g/mol. The Morgan fingerprint density at radius 2 is 1.89 bits per heavy atom. The van der Waals surface area contributed by atoms with Crippen molar-refractivity contribution in [2.45, 2.75) is 13.0 Å². The van der Waals surface area contributed by atoms with Crippen LogP contribution in [-0.2, 0) is 0 Å². The minimum absolute atomic E-state index is 0.302. The third-order valence-electron chi connectivity index (χ3n) is 2.74. The molecule has 5 heteroatoms. The summed E-state index contributed by atoms with van der Waals surface area (Å²) in [6, 6.07) is 10.1. The maximum absolute atomic E-state index is 13.4. The number of benzene rings is 1. The maximum Gasteiger partial charge on any atom is 0.254 e. The first-order chi connectivity index (χ1) is 9.09. The van der Waals surface area contributed by atoms with Gasteiger partial charge in [-0.2, -0.15) is 4.39 Å². The number of hydrogen-bond donors (Lipinski definition) is 1. The van der Waals surface area contributed by atoms with Crippen LogP contribution in [0.1, 0.15) is 28.9 Å². The molecule has 0 saturated carbocycles. The Hall–Kier alpha value is -2.30. The van der Waals surface area contributed by atoms with Crippen LogP contribution in [0.3, 0.4) is 0 Å². The van der Waals surface area contributed by atoms with Gasteiger partial charge in [0.2, 0.25) is 5.95 Å². The number of carbonyl (C=O) groups is 1. The molecule has 1 heterocycles. The van der Waals surface area contributed by atoms with Gasteiger partial charge >= 0.3 is 0 Å². The Kier molecular flexibility index (Phi) is 3.85. The number of rotatable bonds is 3. The van der Waals surface area contributed by atoms with Gasteiger partial charge in [-0.3, -0.25) is 4.79 Å². The molecular weight excluding hydrogens is 250 g/mol. The van der Waals surface area contributed by atoms with Crippen LogP contribution in [0.15, 0.2) is 42.6 Å². The second-order valence-corrected chi connectivity index (χ2v) is 4.07. The number of aromatic nitrogens is 1. The van der Waals surface area contributed by atoms with Crippen molar-refractivity contribution >= 4 is 5.91 Å². The van der Waals surface area contributed by atoms with E-state index in [1.165, 1.54) is 0 Å². The number of amides is 1. The van der Waals surface area contributed by atoms with Gasteiger partial charge in [0.15, 0.2) is 5.82 Å². The summed E-state index contributed by atoms with van der Waals surface area (Å²) in [5.74, 6) is -3.18. The predicted molar refractivity (Wildman–Crippen MR) is 66.5 cm³/mol. The summed E-state index contributed by atoms with van der Waals surface area (Å²) in [5.41, 5.74) is 0.529. The van der Waals surface area contributed by atoms with Crippen molar-refractivity contribution < 1.29 is 13.6 Å². The third kappa shape index (κ3) is 2.93. The quantitative estimate of drug-likeness (QED) is 0.864. The molecule has 0 spiro atoms. The molecule has 0 aliphatic heterocycles. The van der Waals surface area contributed by atoms with E-state index in [2.05, 4.69) is 10.3 Å². The lowest BCUT2D eigenvalue weighted by molar-refractivity contribution is 0.0934. The maximum atomic E-state index is 13.4. The Morgan fingerprint density at radius 1 is 1.21 bits per heavy atom. The fraction of sp³-hybridized carbons (Fsp3) is 0.143. The normalized spacial score (nSPS) is 11.9. The van der Waals surface area contributed by atoms with Crippen molar-refractivity contribution in [3.63, 3.8) is 0 Å². The fourth-order valence-electron chi connectivity index (χ4n) is 1.69. The van der Waals surface area contributed by atoms with E-state index >= 15 is 0 Å². The van der Waals surface area contributed by atoms with Gasteiger partial charge in [0, 0.05) is 6.20 Å². The minimum atomic E-state index is -1.28. The molecule has 0 aliphatic rings. The summed E-state index contributed by atoms with van der Waals surface area (Å²) in [5, 5.41) is 2.61. The molecule has 3 nitrogen and oxygen atoms in total. The summed E-state index contributed by atoms with van der Waals surface area (Å²) >= 11 is 0. The molecular formula is C14H12F2N2O. The third-order valence-corrected chi connectivity index (χ3v) is 2.74. The van der Waals surface area contributed by atoms with Crippen LogP contribution in [0.5, 0.6) is 0 Å². The van der Waals surface area contributed by atoms with Crippen molar-refractivity contribution in [1.82, 2.24) is 10.3 Å². The fourth-order valence-corrected chi connectivity index (χ4v) is 1.69. The molecule has 0 unspecified atom stereocenters. The molecule has 98 valence electrons. The smallest absolute Gasteiger partial charge is 0.254 e. The van der Waals surface area contributed by atoms with Crippen LogP contribution < -0.4 is 5.32 Å². The molecule has 1 atom stereocenters. The summed E-state index contributed by atoms with van der Waals surface area (Å²) in [4.78, 5) is 15.0. The Labute approximate surface area is 109 Å². The lowest BCUT2D eigenvalue weighted by Crippen LogP contribution is -2.27. The molecule has 1 aromatic heterocycles. The van der Waals surface area contributed by atoms with Gasteiger partial charge in [-0.1, -0.05) is 30.3 Å². The Morgan fingerprint density at radius 3 is 2.58 bits per heavy atom. The van der Waals surface area contributed by atoms with Gasteiger partial charge in [-0.25, -0.2) is 9.37 Å². The average Bonchev–Trinajstić information content (AvgIpc) is 2.42. The van der Waals surface area contributed by atoms with Gasteiger partial charge in [-0.15, -0.1) is 0 Å². The molecule has 1 aromatic carbocycles. The van der Waals surface area contributed by atoms with Crippen LogP contribution in [-0.4, -0.2) is 10.9 Å². The molecule has 0 radical (unpaired) electrons. The highest BCUT2D eigenvalue weighted by molar-refractivity contribution is 5.94. The summed E-state index contributed by atoms with van der Waals surface area (Å²) in [6.07, 6.45) is 1.06. The number of nitrogens with one attached hydrogen (secondary N) is 1. The van der Waals surface area contributed by atoms with Crippen LogP contribution in [0.4, 0.5) is 8.78 Å². The Bertz CT molecular complexity index is 587. The molecule has 1 N–H and O–H groups in total. The van der Waals surface area contributed by atoms with Crippen molar-refractivity contribution in [2.24, 2.45) is 0 Å². The molecule has 0 fully saturated rings. The largest absolute Gasteiger partial charge is 0.345 e. The molecule has 0 aliphatic carbocycles. The SMILES string of the molecule is C[C@@H](NC(=O)c1ccnc(F)c1F)c1ccccc1. The number of hydrogen-bond acceptors (Lipinski definition) is 2. The number of nitrogens with zero attached hydrogens (tertiary/aromatic N) is 1. The zero-order valence-electron chi connectivity index (χ0n) is 10.2.